The predicted octanol–water partition coefficient (Wildman–Crippen LogP) is 3.00. The van der Waals surface area contributed by atoms with Crippen molar-refractivity contribution in [2.24, 2.45) is 11.8 Å². The lowest BCUT2D eigenvalue weighted by Gasteiger charge is -2.30. The van der Waals surface area contributed by atoms with E-state index < -0.39 is 10.0 Å². The van der Waals surface area contributed by atoms with Crippen LogP contribution in [-0.4, -0.2) is 60.9 Å². The molecular weight excluding hydrogens is 464 g/mol. The van der Waals surface area contributed by atoms with Gasteiger partial charge in [-0.1, -0.05) is 37.3 Å². The molecule has 1 fully saturated rings. The summed E-state index contributed by atoms with van der Waals surface area (Å²) in [6, 6.07) is 6.05. The van der Waals surface area contributed by atoms with Crippen molar-refractivity contribution in [3.8, 4) is 0 Å². The van der Waals surface area contributed by atoms with Gasteiger partial charge in [-0.2, -0.15) is 4.31 Å². The minimum absolute atomic E-state index is 0.00918. The summed E-state index contributed by atoms with van der Waals surface area (Å²) in [7, 11) is -3.77. The number of rotatable bonds is 10. The van der Waals surface area contributed by atoms with Gasteiger partial charge in [-0.05, 0) is 37.8 Å². The highest BCUT2D eigenvalue weighted by Crippen LogP contribution is 2.25. The molecule has 0 spiro atoms. The van der Waals surface area contributed by atoms with E-state index in [-0.39, 0.29) is 42.2 Å². The fourth-order valence-electron chi connectivity index (χ4n) is 3.59. The van der Waals surface area contributed by atoms with Crippen LogP contribution in [0.1, 0.15) is 49.0 Å². The topological polar surface area (TPSA) is 119 Å². The first-order valence-electron chi connectivity index (χ1n) is 11.1. The molecule has 1 aromatic heterocycles. The monoisotopic (exact) mass is 494 g/mol. The number of esters is 1. The highest BCUT2D eigenvalue weighted by Gasteiger charge is 2.33. The summed E-state index contributed by atoms with van der Waals surface area (Å²) >= 11 is 1.41. The highest BCUT2D eigenvalue weighted by atomic mass is 32.2. The van der Waals surface area contributed by atoms with Crippen molar-refractivity contribution in [1.29, 1.82) is 0 Å². The molecule has 180 valence electrons. The van der Waals surface area contributed by atoms with Crippen LogP contribution >= 0.6 is 11.3 Å². The van der Waals surface area contributed by atoms with Crippen LogP contribution in [0.3, 0.4) is 0 Å². The molecule has 11 heteroatoms. The number of benzene rings is 1. The van der Waals surface area contributed by atoms with Crippen LogP contribution in [0.15, 0.2) is 29.2 Å². The first-order chi connectivity index (χ1) is 15.7. The minimum atomic E-state index is -3.77. The van der Waals surface area contributed by atoms with Gasteiger partial charge in [0.05, 0.1) is 24.0 Å². The zero-order chi connectivity index (χ0) is 24.0. The number of sulfonamides is 1. The number of ether oxygens (including phenoxy) is 1. The zero-order valence-electron chi connectivity index (χ0n) is 19.1. The maximum absolute atomic E-state index is 13.1. The lowest BCUT2D eigenvalue weighted by atomic mass is 9.98. The number of ketones is 1. The molecule has 0 saturated carbocycles. The van der Waals surface area contributed by atoms with E-state index in [1.165, 1.54) is 27.8 Å². The van der Waals surface area contributed by atoms with E-state index in [2.05, 4.69) is 29.4 Å². The molecule has 0 bridgehead atoms. The Kier molecular flexibility index (Phi) is 8.55. The van der Waals surface area contributed by atoms with E-state index in [4.69, 9.17) is 4.74 Å². The van der Waals surface area contributed by atoms with Crippen molar-refractivity contribution in [2.75, 3.05) is 31.6 Å². The molecule has 0 radical (unpaired) electrons. The number of piperidine rings is 1. The van der Waals surface area contributed by atoms with Gasteiger partial charge in [-0.3, -0.25) is 9.59 Å². The van der Waals surface area contributed by atoms with Crippen LogP contribution in [0.5, 0.6) is 0 Å². The van der Waals surface area contributed by atoms with Gasteiger partial charge in [0.25, 0.3) is 0 Å². The number of nitrogens with one attached hydrogen (secondary N) is 1. The van der Waals surface area contributed by atoms with Gasteiger partial charge in [0, 0.05) is 25.1 Å². The SMILES string of the molecule is CCOC(=O)C1CCN(S(=O)(=O)c2cccc(C(=O)CNc3nnc(CC(C)C)s3)c2)CC1. The molecule has 1 N–H and O–H groups in total. The lowest BCUT2D eigenvalue weighted by molar-refractivity contribution is -0.149. The van der Waals surface area contributed by atoms with Gasteiger partial charge in [0.1, 0.15) is 5.01 Å². The fraction of sp³-hybridized carbons (Fsp3) is 0.545. The smallest absolute Gasteiger partial charge is 0.309 e. The van der Waals surface area contributed by atoms with Crippen LogP contribution in [0, 0.1) is 11.8 Å². The van der Waals surface area contributed by atoms with Gasteiger partial charge in [-0.15, -0.1) is 10.2 Å². The molecule has 1 aliphatic rings. The Balaban J connectivity index is 1.62. The van der Waals surface area contributed by atoms with E-state index in [1.54, 1.807) is 19.1 Å². The minimum Gasteiger partial charge on any atom is -0.466 e. The average Bonchev–Trinajstić information content (AvgIpc) is 3.24. The van der Waals surface area contributed by atoms with E-state index >= 15 is 0 Å². The predicted molar refractivity (Wildman–Crippen MR) is 126 cm³/mol. The molecular formula is C22H30N4O5S2. The van der Waals surface area contributed by atoms with Gasteiger partial charge in [-0.25, -0.2) is 8.42 Å². The molecule has 0 aliphatic carbocycles. The number of anilines is 1. The number of carbonyl (C=O) groups excluding carboxylic acids is 2. The number of Topliss-reactive ketones (excluding diaryl/α,β-unsaturated/α-hetero) is 1. The van der Waals surface area contributed by atoms with Crippen molar-refractivity contribution in [2.45, 2.75) is 44.9 Å². The lowest BCUT2D eigenvalue weighted by Crippen LogP contribution is -2.40. The quantitative estimate of drug-likeness (QED) is 0.396. The van der Waals surface area contributed by atoms with Crippen molar-refractivity contribution < 1.29 is 22.7 Å². The molecule has 0 amide bonds. The molecule has 33 heavy (non-hydrogen) atoms. The van der Waals surface area contributed by atoms with E-state index in [0.29, 0.717) is 36.1 Å². The summed E-state index contributed by atoms with van der Waals surface area (Å²) in [5.41, 5.74) is 0.303. The Bertz CT molecular complexity index is 1080. The molecule has 2 aromatic rings. The van der Waals surface area contributed by atoms with Gasteiger partial charge in [0.15, 0.2) is 5.78 Å². The summed E-state index contributed by atoms with van der Waals surface area (Å²) in [6.45, 7) is 6.72. The van der Waals surface area contributed by atoms with Crippen LogP contribution in [-0.2, 0) is 26.0 Å². The molecule has 1 saturated heterocycles. The van der Waals surface area contributed by atoms with Gasteiger partial charge in [0.2, 0.25) is 15.2 Å². The molecule has 1 aromatic carbocycles. The number of carbonyl (C=O) groups is 2. The molecule has 3 rings (SSSR count). The first-order valence-corrected chi connectivity index (χ1v) is 13.3. The summed E-state index contributed by atoms with van der Waals surface area (Å²) in [5.74, 6) is -0.333. The maximum Gasteiger partial charge on any atom is 0.309 e. The fourth-order valence-corrected chi connectivity index (χ4v) is 6.05. The molecule has 2 heterocycles. The van der Waals surface area contributed by atoms with E-state index in [0.717, 1.165) is 11.4 Å². The Labute approximate surface area is 198 Å². The van der Waals surface area contributed by atoms with Crippen molar-refractivity contribution in [3.63, 3.8) is 0 Å². The summed E-state index contributed by atoms with van der Waals surface area (Å²) in [6.07, 6.45) is 1.66. The number of hydrogen-bond acceptors (Lipinski definition) is 9. The zero-order valence-corrected chi connectivity index (χ0v) is 20.7. The third kappa shape index (κ3) is 6.58. The second-order valence-corrected chi connectivity index (χ2v) is 11.3. The van der Waals surface area contributed by atoms with Gasteiger partial charge >= 0.3 is 5.97 Å². The Morgan fingerprint density at radius 3 is 2.64 bits per heavy atom. The van der Waals surface area contributed by atoms with E-state index in [1.807, 2.05) is 0 Å². The summed E-state index contributed by atoms with van der Waals surface area (Å²) < 4.78 is 32.6. The Morgan fingerprint density at radius 1 is 1.24 bits per heavy atom. The number of hydrogen-bond donors (Lipinski definition) is 1. The summed E-state index contributed by atoms with van der Waals surface area (Å²) in [5, 5.41) is 12.6. The second kappa shape index (κ2) is 11.2. The van der Waals surface area contributed by atoms with Crippen molar-refractivity contribution in [3.05, 3.63) is 34.8 Å². The van der Waals surface area contributed by atoms with Crippen LogP contribution in [0.2, 0.25) is 0 Å². The number of nitrogens with zero attached hydrogens (tertiary/aromatic N) is 3. The normalized spacial score (nSPS) is 15.5. The Morgan fingerprint density at radius 2 is 1.97 bits per heavy atom. The van der Waals surface area contributed by atoms with Crippen LogP contribution in [0.4, 0.5) is 5.13 Å². The highest BCUT2D eigenvalue weighted by molar-refractivity contribution is 7.89. The molecule has 9 nitrogen and oxygen atoms in total. The van der Waals surface area contributed by atoms with Crippen LogP contribution < -0.4 is 5.32 Å². The van der Waals surface area contributed by atoms with Crippen LogP contribution in [0.25, 0.3) is 0 Å². The number of aromatic nitrogens is 2. The van der Waals surface area contributed by atoms with Crippen molar-refractivity contribution >= 4 is 38.2 Å². The maximum atomic E-state index is 13.1. The second-order valence-electron chi connectivity index (χ2n) is 8.33. The van der Waals surface area contributed by atoms with Gasteiger partial charge < -0.3 is 10.1 Å². The standard InChI is InChI=1S/C22H30N4O5S2/c1-4-31-21(28)16-8-10-26(11-9-16)33(29,30)18-7-5-6-17(13-18)19(27)14-23-22-25-24-20(32-22)12-15(2)3/h5-7,13,15-16H,4,8-12,14H2,1-3H3,(H,23,25). The Hall–Kier alpha value is -2.37. The largest absolute Gasteiger partial charge is 0.466 e. The molecule has 0 atom stereocenters. The van der Waals surface area contributed by atoms with E-state index in [9.17, 15) is 18.0 Å². The molecule has 0 unspecified atom stereocenters. The van der Waals surface area contributed by atoms with Crippen molar-refractivity contribution in [1.82, 2.24) is 14.5 Å². The first kappa shape index (κ1) is 25.3. The third-order valence-corrected chi connectivity index (χ3v) is 8.12. The third-order valence-electron chi connectivity index (χ3n) is 5.32. The summed E-state index contributed by atoms with van der Waals surface area (Å²) in [4.78, 5) is 24.7. The average molecular weight is 495 g/mol. The molecule has 1 aliphatic heterocycles.